The smallest absolute Gasteiger partial charge is 0.224 e. The fraction of sp³-hybridized carbons (Fsp3) is 0.368. The van der Waals surface area contributed by atoms with Gasteiger partial charge in [0.25, 0.3) is 0 Å². The van der Waals surface area contributed by atoms with E-state index in [2.05, 4.69) is 36.4 Å². The molecule has 0 bridgehead atoms. The normalized spacial score (nSPS) is 11.2. The molecule has 1 aromatic heterocycles. The summed E-state index contributed by atoms with van der Waals surface area (Å²) >= 11 is 11.8. The minimum atomic E-state index is -0.0878. The van der Waals surface area contributed by atoms with Crippen LogP contribution in [-0.4, -0.2) is 17.4 Å². The molecule has 0 aliphatic carbocycles. The van der Waals surface area contributed by atoms with Gasteiger partial charge < -0.3 is 10.6 Å². The standard InChI is InChI=1S/C19H23Cl2N3O/c1-19(2,3)12-24-15-6-5-14(22-10-15)11-23-18(25)9-13-4-7-16(20)17(21)8-13/h4-8,10,24H,9,11-12H2,1-3H3,(H,23,25). The first kappa shape index (κ1) is 19.5. The Balaban J connectivity index is 1.82. The van der Waals surface area contributed by atoms with Gasteiger partial charge in [-0.3, -0.25) is 9.78 Å². The van der Waals surface area contributed by atoms with E-state index in [0.717, 1.165) is 23.5 Å². The summed E-state index contributed by atoms with van der Waals surface area (Å²) in [5, 5.41) is 7.14. The molecule has 0 aliphatic rings. The van der Waals surface area contributed by atoms with Crippen LogP contribution >= 0.6 is 23.2 Å². The molecule has 25 heavy (non-hydrogen) atoms. The molecule has 6 heteroatoms. The van der Waals surface area contributed by atoms with Crippen LogP contribution in [0.1, 0.15) is 32.0 Å². The van der Waals surface area contributed by atoms with Gasteiger partial charge in [-0.15, -0.1) is 0 Å². The van der Waals surface area contributed by atoms with Crippen LogP contribution in [0.2, 0.25) is 10.0 Å². The maximum Gasteiger partial charge on any atom is 0.224 e. The predicted molar refractivity (Wildman–Crippen MR) is 104 cm³/mol. The average Bonchev–Trinajstić information content (AvgIpc) is 2.55. The second kappa shape index (κ2) is 8.54. The molecule has 0 radical (unpaired) electrons. The minimum Gasteiger partial charge on any atom is -0.383 e. The highest BCUT2D eigenvalue weighted by Gasteiger charge is 2.10. The van der Waals surface area contributed by atoms with E-state index < -0.39 is 0 Å². The van der Waals surface area contributed by atoms with Gasteiger partial charge in [-0.05, 0) is 35.2 Å². The highest BCUT2D eigenvalue weighted by atomic mass is 35.5. The zero-order chi connectivity index (χ0) is 18.4. The minimum absolute atomic E-state index is 0.0878. The zero-order valence-electron chi connectivity index (χ0n) is 14.7. The zero-order valence-corrected chi connectivity index (χ0v) is 16.2. The number of nitrogens with one attached hydrogen (secondary N) is 2. The van der Waals surface area contributed by atoms with Crippen molar-refractivity contribution in [2.75, 3.05) is 11.9 Å². The monoisotopic (exact) mass is 379 g/mol. The van der Waals surface area contributed by atoms with Gasteiger partial charge in [0.2, 0.25) is 5.91 Å². The number of aromatic nitrogens is 1. The summed E-state index contributed by atoms with van der Waals surface area (Å²) in [6, 6.07) is 9.07. The largest absolute Gasteiger partial charge is 0.383 e. The molecule has 0 aliphatic heterocycles. The number of pyridine rings is 1. The molecule has 0 atom stereocenters. The van der Waals surface area contributed by atoms with Crippen molar-refractivity contribution < 1.29 is 4.79 Å². The molecule has 0 fully saturated rings. The average molecular weight is 380 g/mol. The van der Waals surface area contributed by atoms with Crippen LogP contribution in [-0.2, 0) is 17.8 Å². The Bertz CT molecular complexity index is 724. The van der Waals surface area contributed by atoms with E-state index in [1.165, 1.54) is 0 Å². The maximum atomic E-state index is 12.0. The summed E-state index contributed by atoms with van der Waals surface area (Å²) in [7, 11) is 0. The van der Waals surface area contributed by atoms with E-state index in [9.17, 15) is 4.79 Å². The van der Waals surface area contributed by atoms with Crippen molar-refractivity contribution in [2.45, 2.75) is 33.7 Å². The second-order valence-corrected chi connectivity index (χ2v) is 7.97. The maximum absolute atomic E-state index is 12.0. The van der Waals surface area contributed by atoms with E-state index >= 15 is 0 Å². The first-order valence-electron chi connectivity index (χ1n) is 8.12. The van der Waals surface area contributed by atoms with Gasteiger partial charge in [0.15, 0.2) is 0 Å². The van der Waals surface area contributed by atoms with E-state index in [1.807, 2.05) is 12.1 Å². The lowest BCUT2D eigenvalue weighted by Gasteiger charge is -2.19. The molecule has 0 saturated heterocycles. The Morgan fingerprint density at radius 1 is 1.12 bits per heavy atom. The van der Waals surface area contributed by atoms with Gasteiger partial charge >= 0.3 is 0 Å². The third kappa shape index (κ3) is 6.92. The molecule has 2 N–H and O–H groups in total. The van der Waals surface area contributed by atoms with Crippen LogP contribution in [0.3, 0.4) is 0 Å². The van der Waals surface area contributed by atoms with Crippen molar-refractivity contribution in [2.24, 2.45) is 5.41 Å². The van der Waals surface area contributed by atoms with Crippen LogP contribution in [0.25, 0.3) is 0 Å². The summed E-state index contributed by atoms with van der Waals surface area (Å²) in [4.78, 5) is 16.4. The van der Waals surface area contributed by atoms with Crippen LogP contribution in [0.15, 0.2) is 36.5 Å². The first-order chi connectivity index (χ1) is 11.7. The molecule has 1 amide bonds. The van der Waals surface area contributed by atoms with Crippen molar-refractivity contribution >= 4 is 34.8 Å². The Morgan fingerprint density at radius 3 is 2.48 bits per heavy atom. The Morgan fingerprint density at radius 2 is 1.88 bits per heavy atom. The van der Waals surface area contributed by atoms with Crippen LogP contribution in [0.5, 0.6) is 0 Å². The molecular formula is C19H23Cl2N3O. The summed E-state index contributed by atoms with van der Waals surface area (Å²) < 4.78 is 0. The lowest BCUT2D eigenvalue weighted by Crippen LogP contribution is -2.25. The Labute approximate surface area is 158 Å². The highest BCUT2D eigenvalue weighted by Crippen LogP contribution is 2.22. The van der Waals surface area contributed by atoms with Crippen LogP contribution in [0.4, 0.5) is 5.69 Å². The fourth-order valence-electron chi connectivity index (χ4n) is 2.09. The third-order valence-corrected chi connectivity index (χ3v) is 4.20. The topological polar surface area (TPSA) is 54.0 Å². The van der Waals surface area contributed by atoms with Crippen LogP contribution in [0, 0.1) is 5.41 Å². The number of hydrogen-bond acceptors (Lipinski definition) is 3. The fourth-order valence-corrected chi connectivity index (χ4v) is 2.41. The van der Waals surface area contributed by atoms with Crippen molar-refractivity contribution in [3.8, 4) is 0 Å². The number of halogens is 2. The van der Waals surface area contributed by atoms with Crippen molar-refractivity contribution in [1.82, 2.24) is 10.3 Å². The number of nitrogens with zero attached hydrogens (tertiary/aromatic N) is 1. The number of benzene rings is 1. The molecular weight excluding hydrogens is 357 g/mol. The van der Waals surface area contributed by atoms with E-state index in [4.69, 9.17) is 23.2 Å². The number of carbonyl (C=O) groups excluding carboxylic acids is 1. The van der Waals surface area contributed by atoms with Gasteiger partial charge in [0.1, 0.15) is 0 Å². The number of anilines is 1. The van der Waals surface area contributed by atoms with Gasteiger partial charge in [0.05, 0.1) is 40.6 Å². The predicted octanol–water partition coefficient (Wildman–Crippen LogP) is 4.71. The van der Waals surface area contributed by atoms with Crippen molar-refractivity contribution in [3.05, 3.63) is 57.8 Å². The molecule has 0 spiro atoms. The Kier molecular flexibility index (Phi) is 6.68. The van der Waals surface area contributed by atoms with Crippen molar-refractivity contribution in [3.63, 3.8) is 0 Å². The molecule has 1 aromatic carbocycles. The number of hydrogen-bond donors (Lipinski definition) is 2. The highest BCUT2D eigenvalue weighted by molar-refractivity contribution is 6.42. The number of rotatable bonds is 6. The van der Waals surface area contributed by atoms with Gasteiger partial charge in [-0.25, -0.2) is 0 Å². The molecule has 4 nitrogen and oxygen atoms in total. The molecule has 2 aromatic rings. The van der Waals surface area contributed by atoms with Gasteiger partial charge in [-0.2, -0.15) is 0 Å². The summed E-state index contributed by atoms with van der Waals surface area (Å²) in [6.45, 7) is 7.77. The van der Waals surface area contributed by atoms with E-state index in [0.29, 0.717) is 16.6 Å². The van der Waals surface area contributed by atoms with Gasteiger partial charge in [0, 0.05) is 6.54 Å². The summed E-state index contributed by atoms with van der Waals surface area (Å²) in [5.74, 6) is -0.0878. The van der Waals surface area contributed by atoms with Crippen LogP contribution < -0.4 is 10.6 Å². The Hall–Kier alpha value is -1.78. The lowest BCUT2D eigenvalue weighted by molar-refractivity contribution is -0.120. The van der Waals surface area contributed by atoms with E-state index in [-0.39, 0.29) is 17.7 Å². The summed E-state index contributed by atoms with van der Waals surface area (Å²) in [6.07, 6.45) is 2.04. The number of amides is 1. The quantitative estimate of drug-likeness (QED) is 0.764. The van der Waals surface area contributed by atoms with Gasteiger partial charge in [-0.1, -0.05) is 50.0 Å². The van der Waals surface area contributed by atoms with Crippen molar-refractivity contribution in [1.29, 1.82) is 0 Å². The second-order valence-electron chi connectivity index (χ2n) is 7.15. The van der Waals surface area contributed by atoms with E-state index in [1.54, 1.807) is 24.4 Å². The molecule has 0 saturated carbocycles. The molecule has 1 heterocycles. The molecule has 0 unspecified atom stereocenters. The molecule has 2 rings (SSSR count). The summed E-state index contributed by atoms with van der Waals surface area (Å²) in [5.41, 5.74) is 2.81. The first-order valence-corrected chi connectivity index (χ1v) is 8.88. The lowest BCUT2D eigenvalue weighted by atomic mass is 9.97. The third-order valence-electron chi connectivity index (χ3n) is 3.46. The SMILES string of the molecule is CC(C)(C)CNc1ccc(CNC(=O)Cc2ccc(Cl)c(Cl)c2)nc1. The number of carbonyl (C=O) groups is 1. The molecule has 134 valence electrons.